The Morgan fingerprint density at radius 2 is 1.96 bits per heavy atom. The molecule has 0 saturated heterocycles. The van der Waals surface area contributed by atoms with Crippen molar-refractivity contribution in [3.8, 4) is 11.5 Å². The Labute approximate surface area is 145 Å². The molecule has 0 radical (unpaired) electrons. The molecule has 0 spiro atoms. The first-order valence-corrected chi connectivity index (χ1v) is 7.07. The topological polar surface area (TPSA) is 90.7 Å². The van der Waals surface area contributed by atoms with Gasteiger partial charge in [0.2, 0.25) is 0 Å². The van der Waals surface area contributed by atoms with Crippen LogP contribution in [0.1, 0.15) is 10.4 Å². The number of halogens is 3. The molecule has 1 amide bonds. The maximum Gasteiger partial charge on any atom is 0.387 e. The summed E-state index contributed by atoms with van der Waals surface area (Å²) < 4.78 is 33.8. The van der Waals surface area contributed by atoms with Crippen LogP contribution in [0.3, 0.4) is 0 Å². The summed E-state index contributed by atoms with van der Waals surface area (Å²) >= 11 is 5.90. The van der Waals surface area contributed by atoms with Crippen molar-refractivity contribution in [1.82, 2.24) is 0 Å². The minimum absolute atomic E-state index is 0.0211. The Balaban J connectivity index is 2.22. The summed E-state index contributed by atoms with van der Waals surface area (Å²) in [4.78, 5) is 22.3. The van der Waals surface area contributed by atoms with E-state index in [0.29, 0.717) is 0 Å². The fraction of sp³-hybridized carbons (Fsp3) is 0.133. The van der Waals surface area contributed by atoms with Gasteiger partial charge in [0.15, 0.2) is 11.5 Å². The van der Waals surface area contributed by atoms with Crippen LogP contribution in [0, 0.1) is 10.1 Å². The second-order valence-electron chi connectivity index (χ2n) is 4.62. The Hall–Kier alpha value is -2.94. The highest BCUT2D eigenvalue weighted by molar-refractivity contribution is 6.34. The molecule has 0 aromatic heterocycles. The number of rotatable bonds is 6. The Kier molecular flexibility index (Phi) is 5.71. The molecule has 25 heavy (non-hydrogen) atoms. The number of hydrogen-bond donors (Lipinski definition) is 1. The molecule has 0 aliphatic heterocycles. The van der Waals surface area contributed by atoms with E-state index in [9.17, 15) is 23.7 Å². The van der Waals surface area contributed by atoms with Gasteiger partial charge in [0.1, 0.15) is 0 Å². The molecular formula is C15H11ClF2N2O5. The van der Waals surface area contributed by atoms with Crippen LogP contribution >= 0.6 is 11.6 Å². The van der Waals surface area contributed by atoms with Gasteiger partial charge >= 0.3 is 6.61 Å². The minimum atomic E-state index is -3.03. The number of alkyl halides is 2. The lowest BCUT2D eigenvalue weighted by Gasteiger charge is -2.12. The summed E-state index contributed by atoms with van der Waals surface area (Å²) in [6, 6.07) is 7.20. The highest BCUT2D eigenvalue weighted by Gasteiger charge is 2.16. The number of amides is 1. The molecule has 1 N–H and O–H groups in total. The molecule has 0 heterocycles. The first-order chi connectivity index (χ1) is 11.8. The predicted octanol–water partition coefficient (Wildman–Crippen LogP) is 4.11. The SMILES string of the molecule is COc1cc(C(=O)Nc2ccc([N+](=O)[O-])cc2Cl)ccc1OC(F)F. The molecule has 0 fully saturated rings. The van der Waals surface area contributed by atoms with Gasteiger partial charge in [-0.05, 0) is 24.3 Å². The monoisotopic (exact) mass is 372 g/mol. The van der Waals surface area contributed by atoms with Gasteiger partial charge in [-0.2, -0.15) is 8.78 Å². The number of non-ortho nitro benzene ring substituents is 1. The number of methoxy groups -OCH3 is 1. The Morgan fingerprint density at radius 3 is 2.52 bits per heavy atom. The molecule has 0 aliphatic rings. The maximum absolute atomic E-state index is 12.3. The van der Waals surface area contributed by atoms with E-state index in [1.807, 2.05) is 0 Å². The zero-order chi connectivity index (χ0) is 18.6. The van der Waals surface area contributed by atoms with Gasteiger partial charge in [-0.25, -0.2) is 0 Å². The molecular weight excluding hydrogens is 362 g/mol. The molecule has 7 nitrogen and oxygen atoms in total. The number of nitro groups is 1. The maximum atomic E-state index is 12.3. The van der Waals surface area contributed by atoms with Gasteiger partial charge in [-0.1, -0.05) is 11.6 Å². The molecule has 0 aliphatic carbocycles. The van der Waals surface area contributed by atoms with Crippen molar-refractivity contribution in [3.63, 3.8) is 0 Å². The fourth-order valence-electron chi connectivity index (χ4n) is 1.92. The zero-order valence-electron chi connectivity index (χ0n) is 12.7. The average molecular weight is 373 g/mol. The van der Waals surface area contributed by atoms with E-state index in [1.54, 1.807) is 0 Å². The number of nitrogens with zero attached hydrogens (tertiary/aromatic N) is 1. The van der Waals surface area contributed by atoms with Crippen LogP contribution in [0.2, 0.25) is 5.02 Å². The third kappa shape index (κ3) is 4.54. The van der Waals surface area contributed by atoms with Gasteiger partial charge in [-0.15, -0.1) is 0 Å². The summed E-state index contributed by atoms with van der Waals surface area (Å²) in [6.45, 7) is -3.03. The van der Waals surface area contributed by atoms with E-state index in [4.69, 9.17) is 16.3 Å². The summed E-state index contributed by atoms with van der Waals surface area (Å²) in [7, 11) is 1.24. The fourth-order valence-corrected chi connectivity index (χ4v) is 2.14. The van der Waals surface area contributed by atoms with E-state index >= 15 is 0 Å². The molecule has 0 bridgehead atoms. The molecule has 0 unspecified atom stereocenters. The summed E-state index contributed by atoms with van der Waals surface area (Å²) in [5.41, 5.74) is 0.0233. The van der Waals surface area contributed by atoms with Crippen molar-refractivity contribution in [2.75, 3.05) is 12.4 Å². The van der Waals surface area contributed by atoms with Crippen LogP contribution in [0.25, 0.3) is 0 Å². The van der Waals surface area contributed by atoms with Crippen LogP contribution in [-0.4, -0.2) is 24.6 Å². The van der Waals surface area contributed by atoms with Crippen molar-refractivity contribution < 1.29 is 28.0 Å². The summed E-state index contributed by atoms with van der Waals surface area (Å²) in [5, 5.41) is 13.1. The average Bonchev–Trinajstić information content (AvgIpc) is 2.56. The first kappa shape index (κ1) is 18.4. The van der Waals surface area contributed by atoms with E-state index in [0.717, 1.165) is 12.1 Å². The molecule has 0 saturated carbocycles. The molecule has 132 valence electrons. The number of carbonyl (C=O) groups excluding carboxylic acids is 1. The molecule has 2 rings (SSSR count). The van der Waals surface area contributed by atoms with Crippen LogP contribution in [0.4, 0.5) is 20.2 Å². The number of ether oxygens (including phenoxy) is 2. The quantitative estimate of drug-likeness (QED) is 0.608. The Bertz CT molecular complexity index is 817. The van der Waals surface area contributed by atoms with Crippen molar-refractivity contribution in [2.24, 2.45) is 0 Å². The lowest BCUT2D eigenvalue weighted by molar-refractivity contribution is -0.384. The van der Waals surface area contributed by atoms with Crippen molar-refractivity contribution in [3.05, 3.63) is 57.1 Å². The van der Waals surface area contributed by atoms with Gasteiger partial charge in [-0.3, -0.25) is 14.9 Å². The lowest BCUT2D eigenvalue weighted by Crippen LogP contribution is -2.13. The van der Waals surface area contributed by atoms with Crippen LogP contribution in [0.5, 0.6) is 11.5 Å². The number of anilines is 1. The van der Waals surface area contributed by atoms with E-state index in [1.165, 1.54) is 31.4 Å². The molecule has 10 heteroatoms. The summed E-state index contributed by atoms with van der Waals surface area (Å²) in [6.07, 6.45) is 0. The zero-order valence-corrected chi connectivity index (χ0v) is 13.4. The van der Waals surface area contributed by atoms with Gasteiger partial charge in [0.05, 0.1) is 22.7 Å². The third-order valence-corrected chi connectivity index (χ3v) is 3.37. The van der Waals surface area contributed by atoms with Crippen molar-refractivity contribution in [2.45, 2.75) is 6.61 Å². The highest BCUT2D eigenvalue weighted by Crippen LogP contribution is 2.31. The van der Waals surface area contributed by atoms with Crippen LogP contribution in [0.15, 0.2) is 36.4 Å². The second kappa shape index (κ2) is 7.75. The van der Waals surface area contributed by atoms with Gasteiger partial charge < -0.3 is 14.8 Å². The van der Waals surface area contributed by atoms with Crippen LogP contribution in [-0.2, 0) is 0 Å². The molecule has 2 aromatic carbocycles. The highest BCUT2D eigenvalue weighted by atomic mass is 35.5. The van der Waals surface area contributed by atoms with Crippen molar-refractivity contribution in [1.29, 1.82) is 0 Å². The second-order valence-corrected chi connectivity index (χ2v) is 5.03. The Morgan fingerprint density at radius 1 is 1.24 bits per heavy atom. The summed E-state index contributed by atoms with van der Waals surface area (Å²) in [5.74, 6) is -0.886. The first-order valence-electron chi connectivity index (χ1n) is 6.70. The largest absolute Gasteiger partial charge is 0.493 e. The van der Waals surface area contributed by atoms with E-state index in [-0.39, 0.29) is 33.5 Å². The van der Waals surface area contributed by atoms with Gasteiger partial charge in [0, 0.05) is 17.7 Å². The standard InChI is InChI=1S/C15H11ClF2N2O5/c1-24-13-6-8(2-5-12(13)25-15(17)18)14(21)19-11-4-3-9(20(22)23)7-10(11)16/h2-7,15H,1H3,(H,19,21). The van der Waals surface area contributed by atoms with Crippen molar-refractivity contribution >= 4 is 28.9 Å². The number of hydrogen-bond acceptors (Lipinski definition) is 5. The number of nitrogens with one attached hydrogen (secondary N) is 1. The predicted molar refractivity (Wildman–Crippen MR) is 85.7 cm³/mol. The molecule has 2 aromatic rings. The minimum Gasteiger partial charge on any atom is -0.493 e. The van der Waals surface area contributed by atoms with Crippen LogP contribution < -0.4 is 14.8 Å². The lowest BCUT2D eigenvalue weighted by atomic mass is 10.1. The van der Waals surface area contributed by atoms with Gasteiger partial charge in [0.25, 0.3) is 11.6 Å². The normalized spacial score (nSPS) is 10.4. The number of nitro benzene ring substituents is 1. The number of carbonyl (C=O) groups is 1. The van der Waals surface area contributed by atoms with E-state index in [2.05, 4.69) is 10.1 Å². The third-order valence-electron chi connectivity index (χ3n) is 3.05. The number of benzene rings is 2. The van der Waals surface area contributed by atoms with E-state index < -0.39 is 17.4 Å². The smallest absolute Gasteiger partial charge is 0.387 e. The molecule has 0 atom stereocenters.